The van der Waals surface area contributed by atoms with Crippen molar-refractivity contribution in [2.24, 2.45) is 0 Å². The molecule has 0 aliphatic heterocycles. The molecule has 0 aliphatic rings. The Hall–Kier alpha value is -0.300. The van der Waals surface area contributed by atoms with Crippen molar-refractivity contribution < 1.29 is 28.8 Å². The van der Waals surface area contributed by atoms with E-state index < -0.39 is 27.1 Å². The first kappa shape index (κ1) is 20.7. The smallest absolute Gasteiger partial charge is 0.303 e. The number of rotatable bonds is 11. The molecule has 2 unspecified atom stereocenters. The summed E-state index contributed by atoms with van der Waals surface area (Å²) in [4.78, 5) is 33.9. The number of pyridine rings is 1. The third-order valence-corrected chi connectivity index (χ3v) is 9.39. The van der Waals surface area contributed by atoms with Gasteiger partial charge in [0.2, 0.25) is 14.7 Å². The van der Waals surface area contributed by atoms with Gasteiger partial charge in [-0.15, -0.1) is 0 Å². The lowest BCUT2D eigenvalue weighted by atomic mass is 10.5. The molecule has 3 N–H and O–H groups in total. The van der Waals surface area contributed by atoms with Gasteiger partial charge in [-0.25, -0.2) is 4.98 Å². The van der Waals surface area contributed by atoms with Gasteiger partial charge in [-0.2, -0.15) is 0 Å². The molecule has 0 saturated carbocycles. The van der Waals surface area contributed by atoms with E-state index in [-0.39, 0.29) is 24.6 Å². The average molecular weight is 399 g/mol. The van der Waals surface area contributed by atoms with E-state index in [0.29, 0.717) is 5.75 Å². The van der Waals surface area contributed by atoms with Gasteiger partial charge in [0, 0.05) is 36.6 Å². The molecular formula is C12H19NO6P2S2. The topological polar surface area (TPSA) is 125 Å². The quantitative estimate of drug-likeness (QED) is 0.293. The van der Waals surface area contributed by atoms with Crippen LogP contribution in [0.2, 0.25) is 0 Å². The van der Waals surface area contributed by atoms with Crippen LogP contribution in [0.25, 0.3) is 0 Å². The number of nitrogens with zero attached hydrogens (tertiary/aromatic N) is 1. The normalized spacial score (nSPS) is 16.4. The van der Waals surface area contributed by atoms with E-state index in [1.165, 1.54) is 21.6 Å². The first-order chi connectivity index (χ1) is 10.7. The van der Waals surface area contributed by atoms with Crippen LogP contribution >= 0.6 is 36.3 Å². The van der Waals surface area contributed by atoms with Gasteiger partial charge in [0.25, 0.3) is 0 Å². The minimum Gasteiger partial charge on any atom is -0.481 e. The lowest BCUT2D eigenvalue weighted by Crippen LogP contribution is -2.06. The molecule has 7 nitrogen and oxygen atoms in total. The molecule has 1 aromatic rings. The predicted molar refractivity (Wildman–Crippen MR) is 93.9 cm³/mol. The Morgan fingerprint density at radius 3 is 2.30 bits per heavy atom. The lowest BCUT2D eigenvalue weighted by Gasteiger charge is -2.14. The van der Waals surface area contributed by atoms with Crippen LogP contribution in [-0.4, -0.2) is 56.2 Å². The number of carboxylic acid groups (broad SMARTS) is 1. The SMILES string of the molecule is O=C(O)CCP(=O)(O)CCP(=O)(O)CCSSc1ccccn1. The van der Waals surface area contributed by atoms with Gasteiger partial charge in [0.1, 0.15) is 5.03 Å². The van der Waals surface area contributed by atoms with Crippen molar-refractivity contribution in [1.29, 1.82) is 0 Å². The summed E-state index contributed by atoms with van der Waals surface area (Å²) in [6.07, 6.45) is 0.320. The molecule has 0 radical (unpaired) electrons. The van der Waals surface area contributed by atoms with Crippen molar-refractivity contribution in [1.82, 2.24) is 4.98 Å². The lowest BCUT2D eigenvalue weighted by molar-refractivity contribution is -0.136. The van der Waals surface area contributed by atoms with Gasteiger partial charge < -0.3 is 14.9 Å². The maximum Gasteiger partial charge on any atom is 0.303 e. The van der Waals surface area contributed by atoms with E-state index in [4.69, 9.17) is 5.11 Å². The Morgan fingerprint density at radius 1 is 1.09 bits per heavy atom. The third-order valence-electron chi connectivity index (χ3n) is 2.78. The van der Waals surface area contributed by atoms with Crippen LogP contribution in [0, 0.1) is 0 Å². The molecule has 2 atom stereocenters. The Morgan fingerprint density at radius 2 is 1.74 bits per heavy atom. The molecule has 0 saturated heterocycles. The molecule has 1 rings (SSSR count). The minimum atomic E-state index is -3.66. The maximum atomic E-state index is 12.0. The average Bonchev–Trinajstić information content (AvgIpc) is 2.49. The van der Waals surface area contributed by atoms with E-state index in [1.54, 1.807) is 12.3 Å². The van der Waals surface area contributed by atoms with Gasteiger partial charge in [-0.1, -0.05) is 16.9 Å². The Balaban J connectivity index is 2.28. The Bertz CT molecular complexity index is 600. The van der Waals surface area contributed by atoms with Crippen molar-refractivity contribution in [2.75, 3.05) is 30.4 Å². The van der Waals surface area contributed by atoms with Crippen LogP contribution < -0.4 is 0 Å². The number of aliphatic carboxylic acids is 1. The van der Waals surface area contributed by atoms with Gasteiger partial charge in [-0.3, -0.25) is 13.9 Å². The fourth-order valence-corrected chi connectivity index (χ4v) is 8.43. The molecule has 0 aromatic carbocycles. The fourth-order valence-electron chi connectivity index (χ4n) is 1.48. The van der Waals surface area contributed by atoms with Crippen LogP contribution in [0.4, 0.5) is 0 Å². The standard InChI is InChI=1S/C12H19NO6P2S2/c14-12(15)4-6-20(16,17)7-8-21(18,19)9-10-22-23-11-3-1-2-5-13-11/h1-3,5H,4,6-10H2,(H,14,15)(H,16,17)(H,18,19). The number of hydrogen-bond acceptors (Lipinski definition) is 6. The van der Waals surface area contributed by atoms with E-state index in [1.807, 2.05) is 12.1 Å². The van der Waals surface area contributed by atoms with Gasteiger partial charge in [0.05, 0.1) is 6.42 Å². The molecular weight excluding hydrogens is 380 g/mol. The van der Waals surface area contributed by atoms with Gasteiger partial charge >= 0.3 is 5.97 Å². The molecule has 0 spiro atoms. The zero-order chi connectivity index (χ0) is 17.3. The van der Waals surface area contributed by atoms with E-state index >= 15 is 0 Å². The zero-order valence-electron chi connectivity index (χ0n) is 12.3. The first-order valence-corrected chi connectivity index (χ1v) is 13.1. The molecule has 0 amide bonds. The van der Waals surface area contributed by atoms with Crippen LogP contribution in [0.5, 0.6) is 0 Å². The summed E-state index contributed by atoms with van der Waals surface area (Å²) in [6, 6.07) is 5.48. The highest BCUT2D eigenvalue weighted by molar-refractivity contribution is 8.76. The number of carboxylic acids is 1. The summed E-state index contributed by atoms with van der Waals surface area (Å²) < 4.78 is 23.7. The summed E-state index contributed by atoms with van der Waals surface area (Å²) in [7, 11) is -4.36. The minimum absolute atomic E-state index is 0.0381. The Labute approximate surface area is 142 Å². The highest BCUT2D eigenvalue weighted by Crippen LogP contribution is 2.49. The monoisotopic (exact) mass is 399 g/mol. The predicted octanol–water partition coefficient (Wildman–Crippen LogP) is 2.84. The number of aromatic nitrogens is 1. The Kier molecular flexibility index (Phi) is 8.90. The van der Waals surface area contributed by atoms with Crippen molar-refractivity contribution in [3.05, 3.63) is 24.4 Å². The maximum absolute atomic E-state index is 12.0. The molecule has 0 aliphatic carbocycles. The van der Waals surface area contributed by atoms with Crippen molar-refractivity contribution >= 4 is 42.3 Å². The molecule has 23 heavy (non-hydrogen) atoms. The summed E-state index contributed by atoms with van der Waals surface area (Å²) in [6.45, 7) is 0. The molecule has 130 valence electrons. The van der Waals surface area contributed by atoms with Crippen molar-refractivity contribution in [2.45, 2.75) is 11.4 Å². The summed E-state index contributed by atoms with van der Waals surface area (Å²) in [5.74, 6) is -0.741. The van der Waals surface area contributed by atoms with E-state index in [9.17, 15) is 23.7 Å². The third kappa shape index (κ3) is 10.2. The first-order valence-electron chi connectivity index (χ1n) is 6.74. The zero-order valence-corrected chi connectivity index (χ0v) is 15.7. The second-order valence-electron chi connectivity index (χ2n) is 4.80. The largest absolute Gasteiger partial charge is 0.481 e. The molecule has 0 bridgehead atoms. The van der Waals surface area contributed by atoms with Gasteiger partial charge in [-0.05, 0) is 22.9 Å². The number of carbonyl (C=O) groups is 1. The van der Waals surface area contributed by atoms with Gasteiger partial charge in [0.15, 0.2) is 0 Å². The van der Waals surface area contributed by atoms with Crippen LogP contribution in [0.3, 0.4) is 0 Å². The molecule has 0 fully saturated rings. The van der Waals surface area contributed by atoms with Crippen LogP contribution in [0.15, 0.2) is 29.4 Å². The van der Waals surface area contributed by atoms with Crippen LogP contribution in [-0.2, 0) is 13.9 Å². The number of hydrogen-bond donors (Lipinski definition) is 3. The highest BCUT2D eigenvalue weighted by atomic mass is 33.1. The molecule has 1 heterocycles. The summed E-state index contributed by atoms with van der Waals surface area (Å²) in [5, 5.41) is 9.30. The molecule has 11 heteroatoms. The summed E-state index contributed by atoms with van der Waals surface area (Å²) in [5.41, 5.74) is 0. The highest BCUT2D eigenvalue weighted by Gasteiger charge is 2.26. The second-order valence-corrected chi connectivity index (χ2v) is 12.4. The van der Waals surface area contributed by atoms with E-state index in [0.717, 1.165) is 5.03 Å². The summed E-state index contributed by atoms with van der Waals surface area (Å²) >= 11 is 0. The van der Waals surface area contributed by atoms with Crippen molar-refractivity contribution in [3.8, 4) is 0 Å². The second kappa shape index (κ2) is 9.87. The van der Waals surface area contributed by atoms with E-state index in [2.05, 4.69) is 4.98 Å². The molecule has 1 aromatic heterocycles. The van der Waals surface area contributed by atoms with Crippen molar-refractivity contribution in [3.63, 3.8) is 0 Å². The fraction of sp³-hybridized carbons (Fsp3) is 0.500. The van der Waals surface area contributed by atoms with Crippen LogP contribution in [0.1, 0.15) is 6.42 Å².